The molecule has 0 aliphatic rings. The third-order valence-electron chi connectivity index (χ3n) is 3.17. The largest absolute Gasteiger partial charge is 0.480 e. The number of aliphatic carboxylic acids is 1. The molecule has 0 fully saturated rings. The van der Waals surface area contributed by atoms with Crippen molar-refractivity contribution in [3.63, 3.8) is 0 Å². The number of carboxylic acids is 1. The number of carbonyl (C=O) groups is 1. The van der Waals surface area contributed by atoms with Crippen LogP contribution in [0.25, 0.3) is 0 Å². The summed E-state index contributed by atoms with van der Waals surface area (Å²) in [6.07, 6.45) is 0. The van der Waals surface area contributed by atoms with Crippen LogP contribution in [0, 0.1) is 5.92 Å². The second-order valence-corrected chi connectivity index (χ2v) is 9.07. The summed E-state index contributed by atoms with van der Waals surface area (Å²) >= 11 is 3.24. The number of sulfonamides is 1. The van der Waals surface area contributed by atoms with Crippen molar-refractivity contribution in [2.75, 3.05) is 0 Å². The number of carboxylic acid groups (broad SMARTS) is 1. The SMILES string of the molecule is CC(C)[C@@H](C(=O)O)N(C(C)(C)C)S(=O)(=O)c1ccccc1Br. The second-order valence-electron chi connectivity index (χ2n) is 6.43. The zero-order chi connectivity index (χ0) is 17.3. The standard InChI is InChI=1S/C15H22BrNO4S/c1-10(2)13(14(18)19)17(15(3,4)5)22(20,21)12-9-7-6-8-11(12)16/h6-10,13H,1-5H3,(H,18,19)/t13-/m0/s1. The lowest BCUT2D eigenvalue weighted by atomic mass is 9.99. The molecule has 0 spiro atoms. The van der Waals surface area contributed by atoms with E-state index in [1.54, 1.807) is 52.8 Å². The third kappa shape index (κ3) is 3.88. The topological polar surface area (TPSA) is 74.7 Å². The molecule has 0 amide bonds. The maximum Gasteiger partial charge on any atom is 0.322 e. The molecule has 22 heavy (non-hydrogen) atoms. The smallest absolute Gasteiger partial charge is 0.322 e. The molecule has 0 radical (unpaired) electrons. The lowest BCUT2D eigenvalue weighted by Gasteiger charge is -2.40. The predicted molar refractivity (Wildman–Crippen MR) is 89.2 cm³/mol. The minimum absolute atomic E-state index is 0.0665. The molecule has 0 aliphatic carbocycles. The van der Waals surface area contributed by atoms with Crippen LogP contribution in [0.5, 0.6) is 0 Å². The van der Waals surface area contributed by atoms with Gasteiger partial charge in [0.15, 0.2) is 0 Å². The van der Waals surface area contributed by atoms with Crippen LogP contribution in [0.1, 0.15) is 34.6 Å². The van der Waals surface area contributed by atoms with E-state index in [1.807, 2.05) is 0 Å². The average Bonchev–Trinajstić information content (AvgIpc) is 2.33. The monoisotopic (exact) mass is 391 g/mol. The van der Waals surface area contributed by atoms with E-state index in [0.717, 1.165) is 4.31 Å². The molecule has 1 aromatic rings. The van der Waals surface area contributed by atoms with Gasteiger partial charge in [-0.15, -0.1) is 0 Å². The maximum absolute atomic E-state index is 13.1. The van der Waals surface area contributed by atoms with E-state index >= 15 is 0 Å². The van der Waals surface area contributed by atoms with Gasteiger partial charge in [0.1, 0.15) is 6.04 Å². The van der Waals surface area contributed by atoms with Crippen LogP contribution in [-0.2, 0) is 14.8 Å². The van der Waals surface area contributed by atoms with Crippen LogP contribution in [0.15, 0.2) is 33.6 Å². The lowest BCUT2D eigenvalue weighted by Crippen LogP contribution is -2.56. The highest BCUT2D eigenvalue weighted by atomic mass is 79.9. The van der Waals surface area contributed by atoms with Gasteiger partial charge in [-0.1, -0.05) is 26.0 Å². The Hall–Kier alpha value is -0.920. The van der Waals surface area contributed by atoms with Gasteiger partial charge < -0.3 is 5.11 Å². The van der Waals surface area contributed by atoms with Crippen molar-refractivity contribution in [2.45, 2.75) is 51.1 Å². The summed E-state index contributed by atoms with van der Waals surface area (Å²) in [6, 6.07) is 5.28. The van der Waals surface area contributed by atoms with E-state index in [9.17, 15) is 18.3 Å². The first kappa shape index (κ1) is 19.1. The zero-order valence-corrected chi connectivity index (χ0v) is 15.8. The Bertz CT molecular complexity index is 650. The molecule has 0 aliphatic heterocycles. The molecule has 1 atom stereocenters. The van der Waals surface area contributed by atoms with Gasteiger partial charge >= 0.3 is 5.97 Å². The molecule has 0 saturated carbocycles. The van der Waals surface area contributed by atoms with Crippen molar-refractivity contribution < 1.29 is 18.3 Å². The fourth-order valence-electron chi connectivity index (χ4n) is 2.34. The Balaban J connectivity index is 3.59. The molecule has 124 valence electrons. The van der Waals surface area contributed by atoms with Crippen molar-refractivity contribution in [2.24, 2.45) is 5.92 Å². The summed E-state index contributed by atoms with van der Waals surface area (Å²) in [5, 5.41) is 9.54. The van der Waals surface area contributed by atoms with Crippen LogP contribution < -0.4 is 0 Å². The molecule has 1 aromatic carbocycles. The Morgan fingerprint density at radius 3 is 2.09 bits per heavy atom. The van der Waals surface area contributed by atoms with Gasteiger partial charge in [0.25, 0.3) is 0 Å². The molecule has 0 unspecified atom stereocenters. The Morgan fingerprint density at radius 1 is 1.23 bits per heavy atom. The number of hydrogen-bond acceptors (Lipinski definition) is 3. The highest BCUT2D eigenvalue weighted by Crippen LogP contribution is 2.33. The predicted octanol–water partition coefficient (Wildman–Crippen LogP) is 3.35. The van der Waals surface area contributed by atoms with Gasteiger partial charge in [-0.25, -0.2) is 8.42 Å². The van der Waals surface area contributed by atoms with E-state index in [0.29, 0.717) is 4.47 Å². The average molecular weight is 392 g/mol. The van der Waals surface area contributed by atoms with Crippen molar-refractivity contribution in [3.8, 4) is 0 Å². The normalized spacial score (nSPS) is 14.4. The van der Waals surface area contributed by atoms with Crippen molar-refractivity contribution in [1.82, 2.24) is 4.31 Å². The van der Waals surface area contributed by atoms with Crippen molar-refractivity contribution in [3.05, 3.63) is 28.7 Å². The summed E-state index contributed by atoms with van der Waals surface area (Å²) in [5.41, 5.74) is -0.874. The summed E-state index contributed by atoms with van der Waals surface area (Å²) in [5.74, 6) is -1.52. The van der Waals surface area contributed by atoms with E-state index in [4.69, 9.17) is 0 Å². The van der Waals surface area contributed by atoms with Crippen LogP contribution in [0.4, 0.5) is 0 Å². The first-order valence-electron chi connectivity index (χ1n) is 6.92. The highest BCUT2D eigenvalue weighted by molar-refractivity contribution is 9.10. The van der Waals surface area contributed by atoms with E-state index in [-0.39, 0.29) is 10.8 Å². The first-order valence-corrected chi connectivity index (χ1v) is 9.16. The van der Waals surface area contributed by atoms with Crippen LogP contribution in [0.2, 0.25) is 0 Å². The van der Waals surface area contributed by atoms with Crippen molar-refractivity contribution in [1.29, 1.82) is 0 Å². The summed E-state index contributed by atoms with van der Waals surface area (Å²) in [4.78, 5) is 11.7. The van der Waals surface area contributed by atoms with Gasteiger partial charge in [-0.05, 0) is 54.8 Å². The fraction of sp³-hybridized carbons (Fsp3) is 0.533. The fourth-order valence-corrected chi connectivity index (χ4v) is 5.37. The Morgan fingerprint density at radius 2 is 1.73 bits per heavy atom. The molecule has 0 bridgehead atoms. The van der Waals surface area contributed by atoms with E-state index in [1.165, 1.54) is 6.07 Å². The molecule has 0 aromatic heterocycles. The zero-order valence-electron chi connectivity index (χ0n) is 13.4. The van der Waals surface area contributed by atoms with Gasteiger partial charge in [0.2, 0.25) is 10.0 Å². The minimum Gasteiger partial charge on any atom is -0.480 e. The minimum atomic E-state index is -3.97. The Labute approximate surface area is 140 Å². The van der Waals surface area contributed by atoms with Crippen LogP contribution >= 0.6 is 15.9 Å². The highest BCUT2D eigenvalue weighted by Gasteiger charge is 2.44. The third-order valence-corrected chi connectivity index (χ3v) is 6.33. The van der Waals surface area contributed by atoms with Crippen LogP contribution in [0.3, 0.4) is 0 Å². The molecule has 0 saturated heterocycles. The van der Waals surface area contributed by atoms with Gasteiger partial charge in [0, 0.05) is 10.0 Å². The van der Waals surface area contributed by atoms with E-state index < -0.39 is 27.6 Å². The first-order chi connectivity index (χ1) is 9.90. The number of benzene rings is 1. The molecular formula is C15H22BrNO4S. The molecular weight excluding hydrogens is 370 g/mol. The lowest BCUT2D eigenvalue weighted by molar-refractivity contribution is -0.144. The number of hydrogen-bond donors (Lipinski definition) is 1. The molecule has 5 nitrogen and oxygen atoms in total. The number of rotatable bonds is 5. The Kier molecular flexibility index (Phi) is 5.81. The number of halogens is 1. The van der Waals surface area contributed by atoms with Gasteiger partial charge in [-0.3, -0.25) is 4.79 Å². The van der Waals surface area contributed by atoms with E-state index in [2.05, 4.69) is 15.9 Å². The summed E-state index contributed by atoms with van der Waals surface area (Å²) in [6.45, 7) is 8.49. The maximum atomic E-state index is 13.1. The van der Waals surface area contributed by atoms with Gasteiger partial charge in [0.05, 0.1) is 4.90 Å². The summed E-state index contributed by atoms with van der Waals surface area (Å²) in [7, 11) is -3.97. The molecule has 0 heterocycles. The molecule has 1 N–H and O–H groups in total. The number of nitrogens with zero attached hydrogens (tertiary/aromatic N) is 1. The second kappa shape index (κ2) is 6.68. The quantitative estimate of drug-likeness (QED) is 0.834. The molecule has 7 heteroatoms. The van der Waals surface area contributed by atoms with Crippen molar-refractivity contribution >= 4 is 31.9 Å². The summed E-state index contributed by atoms with van der Waals surface area (Å²) < 4.78 is 27.7. The molecule has 1 rings (SSSR count). The van der Waals surface area contributed by atoms with Gasteiger partial charge in [-0.2, -0.15) is 4.31 Å². The van der Waals surface area contributed by atoms with Crippen LogP contribution in [-0.4, -0.2) is 35.4 Å².